The van der Waals surface area contributed by atoms with E-state index < -0.39 is 0 Å². The van der Waals surface area contributed by atoms with Crippen molar-refractivity contribution in [1.29, 1.82) is 0 Å². The van der Waals surface area contributed by atoms with E-state index in [4.69, 9.17) is 0 Å². The average Bonchev–Trinajstić information content (AvgIpc) is 3.12. The maximum Gasteiger partial charge on any atom is 0.251 e. The lowest BCUT2D eigenvalue weighted by Gasteiger charge is -2.14. The molecule has 2 amide bonds. The van der Waals surface area contributed by atoms with Gasteiger partial charge >= 0.3 is 0 Å². The largest absolute Gasteiger partial charge is 0.346 e. The summed E-state index contributed by atoms with van der Waals surface area (Å²) in [6, 6.07) is 16.5. The summed E-state index contributed by atoms with van der Waals surface area (Å²) in [6.45, 7) is 1.94. The molecular formula is C20H21N5O2S. The van der Waals surface area contributed by atoms with Gasteiger partial charge in [-0.3, -0.25) is 9.59 Å². The monoisotopic (exact) mass is 395 g/mol. The smallest absolute Gasteiger partial charge is 0.251 e. The van der Waals surface area contributed by atoms with Crippen LogP contribution in [0.1, 0.15) is 28.9 Å². The topological polar surface area (TPSA) is 88.9 Å². The van der Waals surface area contributed by atoms with Crippen molar-refractivity contribution in [2.45, 2.75) is 18.1 Å². The lowest BCUT2D eigenvalue weighted by molar-refractivity contribution is -0.113. The molecule has 2 aromatic carbocycles. The van der Waals surface area contributed by atoms with Gasteiger partial charge in [0.2, 0.25) is 5.91 Å². The lowest BCUT2D eigenvalue weighted by Crippen LogP contribution is -2.26. The van der Waals surface area contributed by atoms with E-state index in [-0.39, 0.29) is 23.6 Å². The number of nitrogens with one attached hydrogen (secondary N) is 2. The molecule has 28 heavy (non-hydrogen) atoms. The third kappa shape index (κ3) is 5.20. The number of aromatic nitrogens is 3. The van der Waals surface area contributed by atoms with Crippen molar-refractivity contribution in [3.63, 3.8) is 0 Å². The molecule has 3 rings (SSSR count). The Morgan fingerprint density at radius 1 is 1.11 bits per heavy atom. The molecule has 144 valence electrons. The van der Waals surface area contributed by atoms with Gasteiger partial charge in [-0.05, 0) is 36.8 Å². The Hall–Kier alpha value is -3.13. The number of rotatable bonds is 7. The Labute approximate surface area is 167 Å². The lowest BCUT2D eigenvalue weighted by atomic mass is 10.1. The second-order valence-corrected chi connectivity index (χ2v) is 7.19. The fraction of sp³-hybridized carbons (Fsp3) is 0.200. The molecule has 0 radical (unpaired) electrons. The zero-order valence-corrected chi connectivity index (χ0v) is 16.4. The van der Waals surface area contributed by atoms with E-state index in [1.165, 1.54) is 11.8 Å². The van der Waals surface area contributed by atoms with Gasteiger partial charge in [-0.2, -0.15) is 0 Å². The second kappa shape index (κ2) is 9.18. The first-order valence-corrected chi connectivity index (χ1v) is 9.74. The van der Waals surface area contributed by atoms with Crippen LogP contribution in [0.5, 0.6) is 0 Å². The molecule has 3 aromatic rings. The molecule has 1 atom stereocenters. The molecule has 0 saturated heterocycles. The summed E-state index contributed by atoms with van der Waals surface area (Å²) in [6.07, 6.45) is 1.59. The summed E-state index contributed by atoms with van der Waals surface area (Å²) in [7, 11) is 1.82. The summed E-state index contributed by atoms with van der Waals surface area (Å²) < 4.78 is 1.75. The molecule has 1 aromatic heterocycles. The molecule has 1 heterocycles. The molecule has 0 aliphatic carbocycles. The van der Waals surface area contributed by atoms with Gasteiger partial charge in [0, 0.05) is 18.3 Å². The predicted octanol–water partition coefficient (Wildman–Crippen LogP) is 3.04. The fourth-order valence-electron chi connectivity index (χ4n) is 2.54. The maximum absolute atomic E-state index is 12.4. The van der Waals surface area contributed by atoms with Gasteiger partial charge in [-0.25, -0.2) is 0 Å². The zero-order chi connectivity index (χ0) is 19.9. The molecule has 8 heteroatoms. The van der Waals surface area contributed by atoms with Crippen LogP contribution in [0.25, 0.3) is 0 Å². The number of hydrogen-bond donors (Lipinski definition) is 2. The van der Waals surface area contributed by atoms with Gasteiger partial charge in [0.05, 0.1) is 11.8 Å². The van der Waals surface area contributed by atoms with Crippen LogP contribution in [0.3, 0.4) is 0 Å². The Morgan fingerprint density at radius 3 is 2.46 bits per heavy atom. The zero-order valence-electron chi connectivity index (χ0n) is 15.6. The van der Waals surface area contributed by atoms with Crippen molar-refractivity contribution in [2.24, 2.45) is 7.05 Å². The van der Waals surface area contributed by atoms with Gasteiger partial charge in [0.1, 0.15) is 6.33 Å². The Morgan fingerprint density at radius 2 is 1.82 bits per heavy atom. The standard InChI is InChI=1S/C20H21N5O2S/c1-14(15-6-4-3-5-7-15)22-19(27)16-8-10-17(11-9-16)23-18(26)12-28-20-24-21-13-25(20)2/h3-11,13-14H,12H2,1-2H3,(H,22,27)(H,23,26)/t14-/m0/s1. The second-order valence-electron chi connectivity index (χ2n) is 6.24. The highest BCUT2D eigenvalue weighted by Gasteiger charge is 2.12. The van der Waals surface area contributed by atoms with Crippen LogP contribution in [0.4, 0.5) is 5.69 Å². The minimum atomic E-state index is -0.160. The highest BCUT2D eigenvalue weighted by atomic mass is 32.2. The van der Waals surface area contributed by atoms with E-state index in [1.807, 2.05) is 44.3 Å². The minimum absolute atomic E-state index is 0.0919. The highest BCUT2D eigenvalue weighted by Crippen LogP contribution is 2.16. The van der Waals surface area contributed by atoms with E-state index in [1.54, 1.807) is 35.2 Å². The Bertz CT molecular complexity index is 941. The molecule has 0 bridgehead atoms. The van der Waals surface area contributed by atoms with Crippen molar-refractivity contribution in [3.8, 4) is 0 Å². The normalized spacial score (nSPS) is 11.6. The van der Waals surface area contributed by atoms with E-state index in [0.29, 0.717) is 16.4 Å². The van der Waals surface area contributed by atoms with Crippen molar-refractivity contribution >= 4 is 29.3 Å². The summed E-state index contributed by atoms with van der Waals surface area (Å²) >= 11 is 1.31. The molecular weight excluding hydrogens is 374 g/mol. The first kappa shape index (κ1) is 19.6. The van der Waals surface area contributed by atoms with Crippen molar-refractivity contribution < 1.29 is 9.59 Å². The van der Waals surface area contributed by atoms with Crippen LogP contribution in [0.15, 0.2) is 66.1 Å². The SMILES string of the molecule is C[C@H](NC(=O)c1ccc(NC(=O)CSc2nncn2C)cc1)c1ccccc1. The number of nitrogens with zero attached hydrogens (tertiary/aromatic N) is 3. The van der Waals surface area contributed by atoms with Gasteiger partial charge in [-0.15, -0.1) is 10.2 Å². The summed E-state index contributed by atoms with van der Waals surface area (Å²) in [5.41, 5.74) is 2.21. The first-order valence-electron chi connectivity index (χ1n) is 8.75. The Kier molecular flexibility index (Phi) is 6.44. The van der Waals surface area contributed by atoms with Crippen LogP contribution >= 0.6 is 11.8 Å². The molecule has 0 spiro atoms. The van der Waals surface area contributed by atoms with Gasteiger partial charge in [0.25, 0.3) is 5.91 Å². The van der Waals surface area contributed by atoms with Gasteiger partial charge in [-0.1, -0.05) is 42.1 Å². The van der Waals surface area contributed by atoms with E-state index in [9.17, 15) is 9.59 Å². The number of anilines is 1. The Balaban J connectivity index is 1.52. The van der Waals surface area contributed by atoms with E-state index in [0.717, 1.165) is 5.56 Å². The summed E-state index contributed by atoms with van der Waals surface area (Å²) in [5, 5.41) is 14.1. The number of carbonyl (C=O) groups excluding carboxylic acids is 2. The van der Waals surface area contributed by atoms with Crippen LogP contribution in [-0.4, -0.2) is 32.3 Å². The minimum Gasteiger partial charge on any atom is -0.346 e. The molecule has 2 N–H and O–H groups in total. The average molecular weight is 395 g/mol. The van der Waals surface area contributed by atoms with Crippen molar-refractivity contribution in [2.75, 3.05) is 11.1 Å². The van der Waals surface area contributed by atoms with Crippen molar-refractivity contribution in [1.82, 2.24) is 20.1 Å². The summed E-state index contributed by atoms with van der Waals surface area (Å²) in [5.74, 6) is -0.0847. The molecule has 0 aliphatic rings. The number of aryl methyl sites for hydroxylation is 1. The number of thioether (sulfide) groups is 1. The number of hydrogen-bond acceptors (Lipinski definition) is 5. The third-order valence-electron chi connectivity index (χ3n) is 4.08. The quantitative estimate of drug-likeness (QED) is 0.600. The molecule has 0 unspecified atom stereocenters. The third-order valence-corrected chi connectivity index (χ3v) is 5.11. The van der Waals surface area contributed by atoms with E-state index >= 15 is 0 Å². The number of carbonyl (C=O) groups is 2. The first-order chi connectivity index (χ1) is 13.5. The van der Waals surface area contributed by atoms with Crippen LogP contribution in [0, 0.1) is 0 Å². The molecule has 7 nitrogen and oxygen atoms in total. The summed E-state index contributed by atoms with van der Waals surface area (Å²) in [4.78, 5) is 24.5. The van der Waals surface area contributed by atoms with Crippen LogP contribution in [0.2, 0.25) is 0 Å². The molecule has 0 fully saturated rings. The fourth-order valence-corrected chi connectivity index (χ4v) is 3.23. The van der Waals surface area contributed by atoms with Gasteiger partial charge in [0.15, 0.2) is 5.16 Å². The molecule has 0 saturated carbocycles. The maximum atomic E-state index is 12.4. The van der Waals surface area contributed by atoms with Crippen LogP contribution < -0.4 is 10.6 Å². The number of benzene rings is 2. The molecule has 0 aliphatic heterocycles. The van der Waals surface area contributed by atoms with E-state index in [2.05, 4.69) is 20.8 Å². The van der Waals surface area contributed by atoms with Gasteiger partial charge < -0.3 is 15.2 Å². The van der Waals surface area contributed by atoms with Crippen LogP contribution in [-0.2, 0) is 11.8 Å². The number of amides is 2. The highest BCUT2D eigenvalue weighted by molar-refractivity contribution is 7.99. The predicted molar refractivity (Wildman–Crippen MR) is 109 cm³/mol. The van der Waals surface area contributed by atoms with Crippen molar-refractivity contribution in [3.05, 3.63) is 72.1 Å².